The first kappa shape index (κ1) is 22.3. The van der Waals surface area contributed by atoms with Crippen LogP contribution in [-0.2, 0) is 22.4 Å². The summed E-state index contributed by atoms with van der Waals surface area (Å²) >= 11 is 1.54. The summed E-state index contributed by atoms with van der Waals surface area (Å²) in [4.78, 5) is 28.7. The van der Waals surface area contributed by atoms with Gasteiger partial charge in [0.15, 0.2) is 0 Å². The fraction of sp³-hybridized carbons (Fsp3) is 0.458. The Balaban J connectivity index is 1.32. The third-order valence-corrected chi connectivity index (χ3v) is 7.39. The van der Waals surface area contributed by atoms with Crippen LogP contribution in [0.25, 0.3) is 0 Å². The molecule has 1 unspecified atom stereocenters. The number of likely N-dealkylation sites (tertiary alicyclic amines) is 1. The maximum atomic E-state index is 12.8. The fourth-order valence-corrected chi connectivity index (χ4v) is 5.75. The summed E-state index contributed by atoms with van der Waals surface area (Å²) in [6.45, 7) is 1.31. The van der Waals surface area contributed by atoms with E-state index in [0.29, 0.717) is 23.5 Å². The van der Waals surface area contributed by atoms with E-state index in [2.05, 4.69) is 21.6 Å². The molecule has 4 rings (SSSR count). The highest BCUT2D eigenvalue weighted by atomic mass is 32.1. The number of methoxy groups -OCH3 is 1. The molecule has 168 valence electrons. The second-order valence-corrected chi connectivity index (χ2v) is 9.34. The molecule has 1 aliphatic carbocycles. The van der Waals surface area contributed by atoms with E-state index in [4.69, 9.17) is 4.74 Å². The molecule has 0 saturated carbocycles. The molecule has 1 saturated heterocycles. The van der Waals surface area contributed by atoms with Crippen molar-refractivity contribution >= 4 is 33.8 Å². The van der Waals surface area contributed by atoms with E-state index in [1.165, 1.54) is 4.88 Å². The molecule has 1 aromatic carbocycles. The molecule has 2 amide bonds. The molecule has 2 aromatic rings. The van der Waals surface area contributed by atoms with Crippen molar-refractivity contribution in [3.63, 3.8) is 0 Å². The van der Waals surface area contributed by atoms with Crippen LogP contribution < -0.4 is 15.4 Å². The van der Waals surface area contributed by atoms with Crippen molar-refractivity contribution in [1.82, 2.24) is 4.90 Å². The molecule has 2 aliphatic rings. The minimum Gasteiger partial charge on any atom is -0.497 e. The lowest BCUT2D eigenvalue weighted by atomic mass is 9.96. The molecule has 7 nitrogen and oxygen atoms in total. The second-order valence-electron chi connectivity index (χ2n) is 8.24. The van der Waals surface area contributed by atoms with Gasteiger partial charge in [0.1, 0.15) is 16.8 Å². The van der Waals surface area contributed by atoms with Crippen molar-refractivity contribution in [3.8, 4) is 11.8 Å². The Kier molecular flexibility index (Phi) is 7.08. The van der Waals surface area contributed by atoms with Gasteiger partial charge in [0.05, 0.1) is 18.7 Å². The Hall–Kier alpha value is -2.89. The van der Waals surface area contributed by atoms with Gasteiger partial charge in [-0.15, -0.1) is 11.3 Å². The number of carbonyl (C=O) groups is 2. The van der Waals surface area contributed by atoms with Gasteiger partial charge in [-0.3, -0.25) is 14.5 Å². The van der Waals surface area contributed by atoms with E-state index in [-0.39, 0.29) is 17.9 Å². The van der Waals surface area contributed by atoms with Crippen molar-refractivity contribution in [3.05, 3.63) is 40.3 Å². The average Bonchev–Trinajstić information content (AvgIpc) is 3.42. The number of ether oxygens (including phenoxy) is 1. The zero-order valence-corrected chi connectivity index (χ0v) is 19.1. The summed E-state index contributed by atoms with van der Waals surface area (Å²) in [6, 6.07) is 9.29. The van der Waals surface area contributed by atoms with Crippen LogP contribution in [0.5, 0.6) is 5.75 Å². The number of hydrogen-bond donors (Lipinski definition) is 2. The number of nitriles is 1. The molecular weight excluding hydrogens is 424 g/mol. The van der Waals surface area contributed by atoms with Crippen LogP contribution in [0.1, 0.15) is 48.1 Å². The predicted molar refractivity (Wildman–Crippen MR) is 125 cm³/mol. The Bertz CT molecular complexity index is 1030. The topological polar surface area (TPSA) is 94.5 Å². The van der Waals surface area contributed by atoms with E-state index >= 15 is 0 Å². The average molecular weight is 453 g/mol. The van der Waals surface area contributed by atoms with Gasteiger partial charge in [0.2, 0.25) is 11.8 Å². The smallest absolute Gasteiger partial charge is 0.241 e. The molecule has 32 heavy (non-hydrogen) atoms. The van der Waals surface area contributed by atoms with Crippen LogP contribution in [-0.4, -0.2) is 43.0 Å². The highest BCUT2D eigenvalue weighted by molar-refractivity contribution is 7.16. The Morgan fingerprint density at radius 3 is 2.72 bits per heavy atom. The standard InChI is InChI=1S/C24H28N4O3S/c1-31-17-10-8-16(9-11-17)26-23(30)20-6-4-13-28(20)14-12-22(29)27-24-19(15-25)18-5-2-3-7-21(18)32-24/h8-11,20H,2-7,12-14H2,1H3,(H,26,30)(H,27,29). The Morgan fingerprint density at radius 1 is 1.19 bits per heavy atom. The minimum absolute atomic E-state index is 0.0502. The minimum atomic E-state index is -0.242. The molecule has 1 atom stereocenters. The molecule has 2 N–H and O–H groups in total. The van der Waals surface area contributed by atoms with Crippen LogP contribution in [0.3, 0.4) is 0 Å². The number of rotatable bonds is 7. The monoisotopic (exact) mass is 452 g/mol. The number of fused-ring (bicyclic) bond motifs is 1. The summed E-state index contributed by atoms with van der Waals surface area (Å²) in [6.07, 6.45) is 6.15. The van der Waals surface area contributed by atoms with Crippen molar-refractivity contribution in [2.24, 2.45) is 0 Å². The fourth-order valence-electron chi connectivity index (χ4n) is 4.50. The van der Waals surface area contributed by atoms with E-state index in [1.807, 2.05) is 24.3 Å². The zero-order chi connectivity index (χ0) is 22.5. The van der Waals surface area contributed by atoms with E-state index < -0.39 is 0 Å². The van der Waals surface area contributed by atoms with Crippen LogP contribution >= 0.6 is 11.3 Å². The number of aryl methyl sites for hydroxylation is 1. The molecule has 0 spiro atoms. The van der Waals surface area contributed by atoms with Crippen LogP contribution in [0.4, 0.5) is 10.7 Å². The number of nitrogens with one attached hydrogen (secondary N) is 2. The van der Waals surface area contributed by atoms with E-state index in [1.54, 1.807) is 18.4 Å². The maximum absolute atomic E-state index is 12.8. The summed E-state index contributed by atoms with van der Waals surface area (Å²) in [5.74, 6) is 0.578. The first-order valence-corrected chi connectivity index (χ1v) is 11.9. The van der Waals surface area contributed by atoms with Gasteiger partial charge in [-0.05, 0) is 74.9 Å². The molecule has 2 heterocycles. The second kappa shape index (κ2) is 10.2. The molecule has 1 aliphatic heterocycles. The summed E-state index contributed by atoms with van der Waals surface area (Å²) < 4.78 is 5.15. The number of thiophene rings is 1. The maximum Gasteiger partial charge on any atom is 0.241 e. The molecule has 1 fully saturated rings. The van der Waals surface area contributed by atoms with Gasteiger partial charge in [0.25, 0.3) is 0 Å². The van der Waals surface area contributed by atoms with Gasteiger partial charge < -0.3 is 15.4 Å². The predicted octanol–water partition coefficient (Wildman–Crippen LogP) is 3.94. The molecule has 0 bridgehead atoms. The SMILES string of the molecule is COc1ccc(NC(=O)C2CCCN2CCC(=O)Nc2sc3c(c2C#N)CCCC3)cc1. The highest BCUT2D eigenvalue weighted by Crippen LogP contribution is 2.37. The summed E-state index contributed by atoms with van der Waals surface area (Å²) in [7, 11) is 1.61. The molecule has 8 heteroatoms. The molecule has 0 radical (unpaired) electrons. The van der Waals surface area contributed by atoms with Crippen LogP contribution in [0, 0.1) is 11.3 Å². The van der Waals surface area contributed by atoms with Crippen molar-refractivity contribution < 1.29 is 14.3 Å². The van der Waals surface area contributed by atoms with Crippen molar-refractivity contribution in [2.45, 2.75) is 51.0 Å². The van der Waals surface area contributed by atoms with E-state index in [0.717, 1.165) is 62.1 Å². The summed E-state index contributed by atoms with van der Waals surface area (Å²) in [5, 5.41) is 16.2. The largest absolute Gasteiger partial charge is 0.497 e. The third-order valence-electron chi connectivity index (χ3n) is 6.19. The lowest BCUT2D eigenvalue weighted by molar-refractivity contribution is -0.121. The van der Waals surface area contributed by atoms with Crippen LogP contribution in [0.15, 0.2) is 24.3 Å². The highest BCUT2D eigenvalue weighted by Gasteiger charge is 2.31. The molecular formula is C24H28N4O3S. The number of benzene rings is 1. The van der Waals surface area contributed by atoms with Gasteiger partial charge >= 0.3 is 0 Å². The third kappa shape index (κ3) is 4.95. The normalized spacial score (nSPS) is 17.9. The number of hydrogen-bond acceptors (Lipinski definition) is 6. The Labute approximate surface area is 192 Å². The van der Waals surface area contributed by atoms with Gasteiger partial charge in [0, 0.05) is 23.5 Å². The lowest BCUT2D eigenvalue weighted by Gasteiger charge is -2.23. The number of amides is 2. The zero-order valence-electron chi connectivity index (χ0n) is 18.3. The first-order chi connectivity index (χ1) is 15.6. The van der Waals surface area contributed by atoms with Gasteiger partial charge in [-0.25, -0.2) is 0 Å². The van der Waals surface area contributed by atoms with Gasteiger partial charge in [-0.2, -0.15) is 5.26 Å². The molecule has 1 aromatic heterocycles. The lowest BCUT2D eigenvalue weighted by Crippen LogP contribution is -2.40. The van der Waals surface area contributed by atoms with Crippen molar-refractivity contribution in [1.29, 1.82) is 5.26 Å². The number of nitrogens with zero attached hydrogens (tertiary/aromatic N) is 2. The first-order valence-electron chi connectivity index (χ1n) is 11.1. The number of carbonyl (C=O) groups excluding carboxylic acids is 2. The van der Waals surface area contributed by atoms with Crippen LogP contribution in [0.2, 0.25) is 0 Å². The van der Waals surface area contributed by atoms with Crippen molar-refractivity contribution in [2.75, 3.05) is 30.8 Å². The van der Waals surface area contributed by atoms with E-state index in [9.17, 15) is 14.9 Å². The Morgan fingerprint density at radius 2 is 1.97 bits per heavy atom. The quantitative estimate of drug-likeness (QED) is 0.664. The van der Waals surface area contributed by atoms with Gasteiger partial charge in [-0.1, -0.05) is 0 Å². The summed E-state index contributed by atoms with van der Waals surface area (Å²) in [5.41, 5.74) is 2.48. The number of anilines is 2.